The van der Waals surface area contributed by atoms with Gasteiger partial charge in [-0.2, -0.15) is 0 Å². The smallest absolute Gasteiger partial charge is 0.407 e. The van der Waals surface area contributed by atoms with Crippen LogP contribution in [-0.4, -0.2) is 77.5 Å². The summed E-state index contributed by atoms with van der Waals surface area (Å²) in [4.78, 5) is 18.0. The monoisotopic (exact) mass is 628 g/mol. The molecule has 0 spiro atoms. The normalized spacial score (nSPS) is 18.4. The Hall–Kier alpha value is -3.92. The van der Waals surface area contributed by atoms with E-state index < -0.39 is 6.09 Å². The minimum Gasteiger partial charge on any atom is -0.444 e. The van der Waals surface area contributed by atoms with Gasteiger partial charge in [-0.15, -0.1) is 5.10 Å². The number of hydrogen-bond donors (Lipinski definition) is 1. The van der Waals surface area contributed by atoms with Crippen molar-refractivity contribution >= 4 is 23.4 Å². The van der Waals surface area contributed by atoms with Gasteiger partial charge in [0.25, 0.3) is 0 Å². The largest absolute Gasteiger partial charge is 0.444 e. The Bertz CT molecular complexity index is 1520. The van der Waals surface area contributed by atoms with Crippen LogP contribution >= 0.6 is 11.6 Å². The molecule has 0 saturated carbocycles. The number of aryl methyl sites for hydroxylation is 1. The Balaban J connectivity index is 1.19. The van der Waals surface area contributed by atoms with E-state index in [2.05, 4.69) is 68.8 Å². The van der Waals surface area contributed by atoms with Crippen LogP contribution in [0.25, 0.3) is 0 Å². The van der Waals surface area contributed by atoms with Gasteiger partial charge in [-0.25, -0.2) is 9.48 Å². The number of hydrogen-bond acceptors (Lipinski definition) is 7. The molecule has 10 heteroatoms. The van der Waals surface area contributed by atoms with Gasteiger partial charge in [0, 0.05) is 49.9 Å². The zero-order valence-corrected chi connectivity index (χ0v) is 26.5. The third-order valence-electron chi connectivity index (χ3n) is 8.68. The number of rotatable bonds is 11. The molecule has 0 unspecified atom stereocenters. The molecule has 2 aliphatic rings. The van der Waals surface area contributed by atoms with Crippen molar-refractivity contribution in [3.05, 3.63) is 112 Å². The average molecular weight is 629 g/mol. The number of nitrogens with one attached hydrogen (secondary N) is 1. The van der Waals surface area contributed by atoms with E-state index in [1.54, 1.807) is 0 Å². The lowest BCUT2D eigenvalue weighted by atomic mass is 9.94. The first-order valence-electron chi connectivity index (χ1n) is 15.8. The Morgan fingerprint density at radius 3 is 2.40 bits per heavy atom. The highest BCUT2D eigenvalue weighted by molar-refractivity contribution is 6.30. The van der Waals surface area contributed by atoms with Crippen molar-refractivity contribution < 1.29 is 14.3 Å². The van der Waals surface area contributed by atoms with Gasteiger partial charge in [0.1, 0.15) is 6.10 Å². The molecule has 3 heterocycles. The minimum atomic E-state index is -0.433. The van der Waals surface area contributed by atoms with E-state index in [1.807, 2.05) is 53.3 Å². The molecule has 4 aromatic rings. The average Bonchev–Trinajstić information content (AvgIpc) is 3.75. The van der Waals surface area contributed by atoms with Crippen LogP contribution in [0.3, 0.4) is 0 Å². The molecule has 2 fully saturated rings. The number of alkyl carbamates (subject to hydrolysis) is 1. The summed E-state index contributed by atoms with van der Waals surface area (Å²) in [5.41, 5.74) is 5.62. The lowest BCUT2D eigenvalue weighted by molar-refractivity contribution is 0.0785. The van der Waals surface area contributed by atoms with Gasteiger partial charge in [0.15, 0.2) is 0 Å². The number of benzene rings is 3. The number of piperazine rings is 1. The molecule has 1 N–H and O–H groups in total. The molecule has 1 amide bonds. The second kappa shape index (κ2) is 14.9. The summed E-state index contributed by atoms with van der Waals surface area (Å²) in [7, 11) is 0. The van der Waals surface area contributed by atoms with Crippen molar-refractivity contribution in [3.8, 4) is 0 Å². The summed E-state index contributed by atoms with van der Waals surface area (Å²) in [5.74, 6) is 0. The molecular formula is C35H41ClN6O3. The second-order valence-electron chi connectivity index (χ2n) is 12.0. The lowest BCUT2D eigenvalue weighted by Crippen LogP contribution is -2.46. The number of anilines is 1. The summed E-state index contributed by atoms with van der Waals surface area (Å²) in [6.45, 7) is 7.56. The first kappa shape index (κ1) is 31.1. The Labute approximate surface area is 270 Å². The fourth-order valence-electron chi connectivity index (χ4n) is 6.22. The predicted octanol–water partition coefficient (Wildman–Crippen LogP) is 5.47. The van der Waals surface area contributed by atoms with Crippen LogP contribution in [0, 0.1) is 6.92 Å². The van der Waals surface area contributed by atoms with Crippen LogP contribution in [-0.2, 0) is 28.9 Å². The zero-order chi connectivity index (χ0) is 31.0. The fourth-order valence-corrected chi connectivity index (χ4v) is 6.38. The maximum Gasteiger partial charge on any atom is 0.407 e. The molecule has 2 aliphatic heterocycles. The summed E-state index contributed by atoms with van der Waals surface area (Å²) in [5, 5.41) is 13.2. The zero-order valence-electron chi connectivity index (χ0n) is 25.7. The van der Waals surface area contributed by atoms with Gasteiger partial charge in [-0.1, -0.05) is 83.5 Å². The molecular weight excluding hydrogens is 588 g/mol. The number of carbonyl (C=O) groups excluding carboxylic acids is 1. The highest BCUT2D eigenvalue weighted by Crippen LogP contribution is 2.26. The lowest BCUT2D eigenvalue weighted by Gasteiger charge is -2.36. The molecule has 6 rings (SSSR count). The van der Waals surface area contributed by atoms with Gasteiger partial charge in [-0.3, -0.25) is 4.90 Å². The molecule has 3 aromatic carbocycles. The van der Waals surface area contributed by atoms with Crippen LogP contribution < -0.4 is 10.2 Å². The number of carbonyl (C=O) groups is 1. The first-order chi connectivity index (χ1) is 22.0. The van der Waals surface area contributed by atoms with Crippen LogP contribution in [0.15, 0.2) is 85.1 Å². The Kier molecular flexibility index (Phi) is 10.3. The number of amides is 1. The second-order valence-corrected chi connectivity index (χ2v) is 12.4. The minimum absolute atomic E-state index is 0.191. The van der Waals surface area contributed by atoms with Crippen molar-refractivity contribution in [2.24, 2.45) is 0 Å². The van der Waals surface area contributed by atoms with Gasteiger partial charge in [0.2, 0.25) is 0 Å². The quantitative estimate of drug-likeness (QED) is 0.236. The number of halogens is 1. The van der Waals surface area contributed by atoms with Gasteiger partial charge >= 0.3 is 6.09 Å². The highest BCUT2D eigenvalue weighted by atomic mass is 35.5. The number of aromatic nitrogens is 3. The molecule has 0 radical (unpaired) electrons. The summed E-state index contributed by atoms with van der Waals surface area (Å²) < 4.78 is 13.1. The molecule has 236 valence electrons. The molecule has 0 aliphatic carbocycles. The maximum absolute atomic E-state index is 13.2. The van der Waals surface area contributed by atoms with Crippen molar-refractivity contribution in [3.63, 3.8) is 0 Å². The predicted molar refractivity (Wildman–Crippen MR) is 176 cm³/mol. The van der Waals surface area contributed by atoms with E-state index >= 15 is 0 Å². The standard InChI is InChI=1S/C35H41ClN6O3/c1-26-12-13-29(36)22-33(26)41-17-15-40(16-18-41)23-30-24-42(39-38-30)34(21-28-10-6-3-7-11-28)32(20-27-8-4-2-5-9-27)37-35(43)45-31-14-19-44-25-31/h2-13,22,24,31-32,34H,14-21,23,25H2,1H3,(H,37,43)/t31-,32+,34+/m1/s1. The summed E-state index contributed by atoms with van der Waals surface area (Å²) in [6.07, 6.45) is 3.38. The Morgan fingerprint density at radius 1 is 1.00 bits per heavy atom. The third kappa shape index (κ3) is 8.42. The highest BCUT2D eigenvalue weighted by Gasteiger charge is 2.30. The van der Waals surface area contributed by atoms with E-state index in [9.17, 15) is 4.79 Å². The van der Waals surface area contributed by atoms with E-state index in [-0.39, 0.29) is 18.2 Å². The van der Waals surface area contributed by atoms with Crippen molar-refractivity contribution in [1.82, 2.24) is 25.2 Å². The molecule has 45 heavy (non-hydrogen) atoms. The van der Waals surface area contributed by atoms with Crippen LogP contribution in [0.2, 0.25) is 5.02 Å². The molecule has 3 atom stereocenters. The SMILES string of the molecule is Cc1ccc(Cl)cc1N1CCN(Cc2cn([C@@H](Cc3ccccc3)[C@H](Cc3ccccc3)NC(=O)O[C@@H]3CCOC3)nn2)CC1. The Morgan fingerprint density at radius 2 is 1.71 bits per heavy atom. The van der Waals surface area contributed by atoms with E-state index in [0.717, 1.165) is 48.0 Å². The number of nitrogens with zero attached hydrogens (tertiary/aromatic N) is 5. The van der Waals surface area contributed by atoms with E-state index in [4.69, 9.17) is 21.1 Å². The summed E-state index contributed by atoms with van der Waals surface area (Å²) in [6, 6.07) is 26.1. The van der Waals surface area contributed by atoms with Gasteiger partial charge < -0.3 is 19.7 Å². The van der Waals surface area contributed by atoms with Crippen molar-refractivity contribution in [2.45, 2.75) is 50.9 Å². The molecule has 0 bridgehead atoms. The molecule has 9 nitrogen and oxygen atoms in total. The van der Waals surface area contributed by atoms with Crippen LogP contribution in [0.4, 0.5) is 10.5 Å². The fraction of sp³-hybridized carbons (Fsp3) is 0.400. The van der Waals surface area contributed by atoms with Crippen LogP contribution in [0.1, 0.15) is 34.8 Å². The van der Waals surface area contributed by atoms with E-state index in [0.29, 0.717) is 39.0 Å². The third-order valence-corrected chi connectivity index (χ3v) is 8.92. The topological polar surface area (TPSA) is 84.8 Å². The molecule has 2 saturated heterocycles. The van der Waals surface area contributed by atoms with Crippen molar-refractivity contribution in [2.75, 3.05) is 44.3 Å². The van der Waals surface area contributed by atoms with Crippen molar-refractivity contribution in [1.29, 1.82) is 0 Å². The first-order valence-corrected chi connectivity index (χ1v) is 16.1. The van der Waals surface area contributed by atoms with Crippen LogP contribution in [0.5, 0.6) is 0 Å². The van der Waals surface area contributed by atoms with Gasteiger partial charge in [0.05, 0.1) is 37.2 Å². The van der Waals surface area contributed by atoms with E-state index in [1.165, 1.54) is 11.3 Å². The maximum atomic E-state index is 13.2. The summed E-state index contributed by atoms with van der Waals surface area (Å²) >= 11 is 6.29. The number of ether oxygens (including phenoxy) is 2. The van der Waals surface area contributed by atoms with Gasteiger partial charge in [-0.05, 0) is 48.6 Å². The molecule has 1 aromatic heterocycles.